The van der Waals surface area contributed by atoms with Crippen LogP contribution in [0.15, 0.2) is 0 Å². The SMILES string of the molecule is CC(C)(C)CC(C)(C)C1CCC(OC(C)(C)CCO)CC1. The van der Waals surface area contributed by atoms with Gasteiger partial charge in [-0.25, -0.2) is 0 Å². The Labute approximate surface area is 132 Å². The first-order chi connectivity index (χ1) is 9.45. The second kappa shape index (κ2) is 7.00. The van der Waals surface area contributed by atoms with Gasteiger partial charge in [0, 0.05) is 6.61 Å². The molecule has 0 amide bonds. The molecule has 2 heteroatoms. The number of hydrogen-bond acceptors (Lipinski definition) is 2. The lowest BCUT2D eigenvalue weighted by molar-refractivity contribution is -0.103. The molecule has 0 radical (unpaired) electrons. The molecule has 0 heterocycles. The van der Waals surface area contributed by atoms with Crippen molar-refractivity contribution in [3.05, 3.63) is 0 Å². The molecule has 0 aliphatic heterocycles. The van der Waals surface area contributed by atoms with Crippen molar-refractivity contribution in [3.63, 3.8) is 0 Å². The molecule has 0 unspecified atom stereocenters. The molecule has 0 spiro atoms. The molecule has 0 aromatic rings. The maximum atomic E-state index is 9.11. The van der Waals surface area contributed by atoms with E-state index in [4.69, 9.17) is 9.84 Å². The van der Waals surface area contributed by atoms with Crippen molar-refractivity contribution in [1.82, 2.24) is 0 Å². The van der Waals surface area contributed by atoms with E-state index in [1.165, 1.54) is 32.1 Å². The highest BCUT2D eigenvalue weighted by atomic mass is 16.5. The standard InChI is InChI=1S/C19H38O2/c1-17(2,3)14-18(4,5)15-8-10-16(11-9-15)21-19(6,7)12-13-20/h15-16,20H,8-14H2,1-7H3. The summed E-state index contributed by atoms with van der Waals surface area (Å²) >= 11 is 0. The lowest BCUT2D eigenvalue weighted by atomic mass is 9.64. The van der Waals surface area contributed by atoms with Gasteiger partial charge in [-0.3, -0.25) is 0 Å². The van der Waals surface area contributed by atoms with Gasteiger partial charge in [-0.05, 0) is 69.1 Å². The van der Waals surface area contributed by atoms with Gasteiger partial charge in [-0.15, -0.1) is 0 Å². The number of aliphatic hydroxyl groups excluding tert-OH is 1. The van der Waals surface area contributed by atoms with Gasteiger partial charge in [0.2, 0.25) is 0 Å². The number of aliphatic hydroxyl groups is 1. The molecule has 1 aliphatic rings. The predicted octanol–water partition coefficient (Wildman–Crippen LogP) is 5.19. The maximum Gasteiger partial charge on any atom is 0.0652 e. The molecule has 1 fully saturated rings. The van der Waals surface area contributed by atoms with Crippen LogP contribution in [0.3, 0.4) is 0 Å². The van der Waals surface area contributed by atoms with E-state index in [0.717, 1.165) is 12.3 Å². The molecule has 21 heavy (non-hydrogen) atoms. The summed E-state index contributed by atoms with van der Waals surface area (Å²) < 4.78 is 6.22. The van der Waals surface area contributed by atoms with E-state index in [-0.39, 0.29) is 12.2 Å². The van der Waals surface area contributed by atoms with Crippen LogP contribution in [0.5, 0.6) is 0 Å². The van der Waals surface area contributed by atoms with Crippen molar-refractivity contribution in [2.45, 2.75) is 98.7 Å². The van der Waals surface area contributed by atoms with E-state index < -0.39 is 0 Å². The second-order valence-corrected chi connectivity index (χ2v) is 9.55. The van der Waals surface area contributed by atoms with Crippen LogP contribution in [-0.2, 0) is 4.74 Å². The van der Waals surface area contributed by atoms with Gasteiger partial charge < -0.3 is 9.84 Å². The molecule has 1 aliphatic carbocycles. The molecule has 1 N–H and O–H groups in total. The van der Waals surface area contributed by atoms with Gasteiger partial charge in [0.1, 0.15) is 0 Å². The fraction of sp³-hybridized carbons (Fsp3) is 1.00. The molecule has 0 aromatic carbocycles. The molecule has 1 rings (SSSR count). The summed E-state index contributed by atoms with van der Waals surface area (Å²) in [6.07, 6.45) is 7.30. The minimum absolute atomic E-state index is 0.187. The van der Waals surface area contributed by atoms with Crippen molar-refractivity contribution >= 4 is 0 Å². The fourth-order valence-electron chi connectivity index (χ4n) is 4.25. The summed E-state index contributed by atoms with van der Waals surface area (Å²) in [5.41, 5.74) is 0.636. The van der Waals surface area contributed by atoms with Gasteiger partial charge in [0.05, 0.1) is 11.7 Å². The first kappa shape index (κ1) is 19.0. The highest BCUT2D eigenvalue weighted by molar-refractivity contribution is 4.87. The highest BCUT2D eigenvalue weighted by Crippen LogP contribution is 2.45. The molecule has 1 saturated carbocycles. The minimum atomic E-state index is -0.187. The van der Waals surface area contributed by atoms with Crippen LogP contribution in [0.4, 0.5) is 0 Å². The van der Waals surface area contributed by atoms with Gasteiger partial charge in [-0.2, -0.15) is 0 Å². The third kappa shape index (κ3) is 6.69. The predicted molar refractivity (Wildman–Crippen MR) is 90.5 cm³/mol. The smallest absolute Gasteiger partial charge is 0.0652 e. The minimum Gasteiger partial charge on any atom is -0.396 e. The summed E-state index contributed by atoms with van der Waals surface area (Å²) in [6, 6.07) is 0. The Bertz CT molecular complexity index is 304. The quantitative estimate of drug-likeness (QED) is 0.731. The number of hydrogen-bond donors (Lipinski definition) is 1. The third-order valence-electron chi connectivity index (χ3n) is 4.96. The van der Waals surface area contributed by atoms with E-state index in [1.807, 2.05) is 0 Å². The van der Waals surface area contributed by atoms with Crippen LogP contribution < -0.4 is 0 Å². The number of rotatable bonds is 6. The Morgan fingerprint density at radius 1 is 0.905 bits per heavy atom. The average molecular weight is 299 g/mol. The van der Waals surface area contributed by atoms with E-state index in [2.05, 4.69) is 48.5 Å². The van der Waals surface area contributed by atoms with Crippen molar-refractivity contribution < 1.29 is 9.84 Å². The Balaban J connectivity index is 2.48. The highest BCUT2D eigenvalue weighted by Gasteiger charge is 2.37. The van der Waals surface area contributed by atoms with E-state index in [0.29, 0.717) is 16.9 Å². The molecule has 0 saturated heterocycles. The second-order valence-electron chi connectivity index (χ2n) is 9.55. The zero-order chi connectivity index (χ0) is 16.3. The maximum absolute atomic E-state index is 9.11. The zero-order valence-electron chi connectivity index (χ0n) is 15.5. The van der Waals surface area contributed by atoms with Crippen LogP contribution in [0, 0.1) is 16.7 Å². The van der Waals surface area contributed by atoms with Gasteiger partial charge in [0.15, 0.2) is 0 Å². The average Bonchev–Trinajstić information content (AvgIpc) is 2.25. The van der Waals surface area contributed by atoms with Gasteiger partial charge >= 0.3 is 0 Å². The van der Waals surface area contributed by atoms with Gasteiger partial charge in [-0.1, -0.05) is 34.6 Å². The Morgan fingerprint density at radius 2 is 1.43 bits per heavy atom. The van der Waals surface area contributed by atoms with Crippen LogP contribution in [0.2, 0.25) is 0 Å². The summed E-state index contributed by atoms with van der Waals surface area (Å²) in [6.45, 7) is 16.3. The Hall–Kier alpha value is -0.0800. The van der Waals surface area contributed by atoms with Crippen LogP contribution in [0.25, 0.3) is 0 Å². The largest absolute Gasteiger partial charge is 0.396 e. The van der Waals surface area contributed by atoms with Crippen LogP contribution >= 0.6 is 0 Å². The molecular weight excluding hydrogens is 260 g/mol. The van der Waals surface area contributed by atoms with E-state index in [9.17, 15) is 0 Å². The molecule has 2 nitrogen and oxygen atoms in total. The topological polar surface area (TPSA) is 29.5 Å². The summed E-state index contributed by atoms with van der Waals surface area (Å²) in [4.78, 5) is 0. The van der Waals surface area contributed by atoms with Crippen molar-refractivity contribution in [3.8, 4) is 0 Å². The summed E-state index contributed by atoms with van der Waals surface area (Å²) in [5.74, 6) is 0.817. The van der Waals surface area contributed by atoms with Crippen LogP contribution in [-0.4, -0.2) is 23.4 Å². The Kier molecular flexibility index (Phi) is 6.32. The molecular formula is C19H38O2. The molecule has 0 aromatic heterocycles. The van der Waals surface area contributed by atoms with Crippen LogP contribution in [0.1, 0.15) is 87.0 Å². The summed E-state index contributed by atoms with van der Waals surface area (Å²) in [5, 5.41) is 9.11. The molecule has 0 atom stereocenters. The summed E-state index contributed by atoms with van der Waals surface area (Å²) in [7, 11) is 0. The first-order valence-electron chi connectivity index (χ1n) is 8.74. The third-order valence-corrected chi connectivity index (χ3v) is 4.96. The van der Waals surface area contributed by atoms with E-state index in [1.54, 1.807) is 0 Å². The van der Waals surface area contributed by atoms with Crippen molar-refractivity contribution in [2.24, 2.45) is 16.7 Å². The lowest BCUT2D eigenvalue weighted by Gasteiger charge is -2.43. The van der Waals surface area contributed by atoms with E-state index >= 15 is 0 Å². The Morgan fingerprint density at radius 3 is 1.86 bits per heavy atom. The van der Waals surface area contributed by atoms with Gasteiger partial charge in [0.25, 0.3) is 0 Å². The molecule has 0 bridgehead atoms. The fourth-order valence-corrected chi connectivity index (χ4v) is 4.25. The monoisotopic (exact) mass is 298 g/mol. The molecule has 126 valence electrons. The first-order valence-corrected chi connectivity index (χ1v) is 8.74. The normalized spacial score (nSPS) is 25.1. The number of ether oxygens (including phenoxy) is 1. The van der Waals surface area contributed by atoms with Crippen molar-refractivity contribution in [2.75, 3.05) is 6.61 Å². The van der Waals surface area contributed by atoms with Crippen molar-refractivity contribution in [1.29, 1.82) is 0 Å². The lowest BCUT2D eigenvalue weighted by Crippen LogP contribution is -2.37. The zero-order valence-corrected chi connectivity index (χ0v) is 15.5.